The van der Waals surface area contributed by atoms with Crippen molar-refractivity contribution in [3.63, 3.8) is 0 Å². The van der Waals surface area contributed by atoms with Crippen LogP contribution in [0.3, 0.4) is 0 Å². The van der Waals surface area contributed by atoms with Crippen molar-refractivity contribution in [3.8, 4) is 0 Å². The van der Waals surface area contributed by atoms with Gasteiger partial charge in [0.15, 0.2) is 5.54 Å². The van der Waals surface area contributed by atoms with E-state index in [1.54, 1.807) is 0 Å². The van der Waals surface area contributed by atoms with Crippen molar-refractivity contribution in [1.29, 1.82) is 0 Å². The Balaban J connectivity index is 1.67. The van der Waals surface area contributed by atoms with Crippen LogP contribution in [0.4, 0.5) is 11.4 Å². The number of benzene rings is 3. The molecule has 2 N–H and O–H groups in total. The molecule has 3 aromatic carbocycles. The van der Waals surface area contributed by atoms with Crippen molar-refractivity contribution >= 4 is 50.9 Å². The third-order valence-electron chi connectivity index (χ3n) is 7.23. The Hall–Kier alpha value is -2.61. The van der Waals surface area contributed by atoms with Gasteiger partial charge in [-0.15, -0.1) is 11.8 Å². The summed E-state index contributed by atoms with van der Waals surface area (Å²) in [6.07, 6.45) is 0. The molecule has 166 valence electrons. The summed E-state index contributed by atoms with van der Waals surface area (Å²) in [5.74, 6) is -0.490. The van der Waals surface area contributed by atoms with Crippen LogP contribution in [0.2, 0.25) is 0 Å². The number of amides is 2. The van der Waals surface area contributed by atoms with Gasteiger partial charge in [0.05, 0.1) is 5.69 Å². The fourth-order valence-electron chi connectivity index (χ4n) is 5.78. The molecule has 3 aromatic rings. The van der Waals surface area contributed by atoms with Gasteiger partial charge >= 0.3 is 0 Å². The minimum absolute atomic E-state index is 0.135. The standard InChI is InChI=1S/C26H22BrN3O2S/c1-15-7-9-16(10-8-15)19-14-30(2)25(18-13-17(27)11-12-20(18)28-23(25)31)26(19)24(32)29-21-5-3-4-6-22(21)33-26/h3-13,19H,14H2,1-2H3,(H,28,31)(H,29,32)/t19-,25+,26-/m1/s1. The van der Waals surface area contributed by atoms with Gasteiger partial charge in [-0.05, 0) is 49.9 Å². The summed E-state index contributed by atoms with van der Waals surface area (Å²) in [5, 5.41) is 6.25. The number of likely N-dealkylation sites (tertiary alicyclic amines) is 1. The molecule has 33 heavy (non-hydrogen) atoms. The number of halogens is 1. The fourth-order valence-corrected chi connectivity index (χ4v) is 7.87. The van der Waals surface area contributed by atoms with Crippen LogP contribution in [0.5, 0.6) is 0 Å². The molecule has 1 saturated heterocycles. The van der Waals surface area contributed by atoms with E-state index < -0.39 is 10.3 Å². The van der Waals surface area contributed by atoms with E-state index in [-0.39, 0.29) is 17.7 Å². The molecule has 7 heteroatoms. The molecule has 3 aliphatic rings. The number of likely N-dealkylation sites (N-methyl/N-ethyl adjacent to an activating group) is 1. The number of nitrogens with one attached hydrogen (secondary N) is 2. The number of hydrogen-bond donors (Lipinski definition) is 2. The summed E-state index contributed by atoms with van der Waals surface area (Å²) in [5.41, 5.74) is 3.44. The first-order chi connectivity index (χ1) is 15.9. The second-order valence-electron chi connectivity index (χ2n) is 8.99. The molecule has 3 atom stereocenters. The smallest absolute Gasteiger partial charge is 0.251 e. The highest BCUT2D eigenvalue weighted by molar-refractivity contribution is 9.10. The van der Waals surface area contributed by atoms with Crippen LogP contribution in [-0.2, 0) is 15.1 Å². The van der Waals surface area contributed by atoms with Gasteiger partial charge in [0.1, 0.15) is 4.75 Å². The van der Waals surface area contributed by atoms with Crippen LogP contribution in [0.25, 0.3) is 0 Å². The van der Waals surface area contributed by atoms with Gasteiger partial charge in [-0.2, -0.15) is 0 Å². The Morgan fingerprint density at radius 3 is 2.48 bits per heavy atom. The molecule has 3 aliphatic heterocycles. The van der Waals surface area contributed by atoms with Crippen LogP contribution in [0.1, 0.15) is 22.6 Å². The van der Waals surface area contributed by atoms with Crippen molar-refractivity contribution in [2.45, 2.75) is 28.0 Å². The quantitative estimate of drug-likeness (QED) is 0.468. The largest absolute Gasteiger partial charge is 0.324 e. The van der Waals surface area contributed by atoms with Gasteiger partial charge < -0.3 is 10.6 Å². The second kappa shape index (κ2) is 7.19. The molecule has 5 nitrogen and oxygen atoms in total. The first-order valence-electron chi connectivity index (χ1n) is 10.9. The first-order valence-corrected chi connectivity index (χ1v) is 12.5. The summed E-state index contributed by atoms with van der Waals surface area (Å²) in [7, 11) is 1.96. The summed E-state index contributed by atoms with van der Waals surface area (Å²) >= 11 is 5.12. The molecule has 2 spiro atoms. The van der Waals surface area contributed by atoms with E-state index in [0.29, 0.717) is 6.54 Å². The monoisotopic (exact) mass is 519 g/mol. The molecule has 0 unspecified atom stereocenters. The number of nitrogens with zero attached hydrogens (tertiary/aromatic N) is 1. The van der Waals surface area contributed by atoms with Crippen LogP contribution in [0, 0.1) is 6.92 Å². The maximum atomic E-state index is 14.2. The lowest BCUT2D eigenvalue weighted by molar-refractivity contribution is -0.132. The van der Waals surface area contributed by atoms with Crippen molar-refractivity contribution in [2.75, 3.05) is 24.2 Å². The van der Waals surface area contributed by atoms with Gasteiger partial charge in [-0.3, -0.25) is 14.5 Å². The normalized spacial score (nSPS) is 28.0. The van der Waals surface area contributed by atoms with Gasteiger partial charge in [0.25, 0.3) is 5.91 Å². The van der Waals surface area contributed by atoms with Crippen molar-refractivity contribution < 1.29 is 9.59 Å². The third-order valence-corrected chi connectivity index (χ3v) is 9.39. The molecule has 0 aliphatic carbocycles. The third kappa shape index (κ3) is 2.64. The van der Waals surface area contributed by atoms with Crippen LogP contribution < -0.4 is 10.6 Å². The Morgan fingerprint density at radius 2 is 1.70 bits per heavy atom. The molecule has 2 amide bonds. The number of fused-ring (bicyclic) bond motifs is 4. The maximum absolute atomic E-state index is 14.2. The summed E-state index contributed by atoms with van der Waals surface area (Å²) < 4.78 is -0.220. The number of para-hydroxylation sites is 1. The number of rotatable bonds is 1. The van der Waals surface area contributed by atoms with Crippen LogP contribution in [0.15, 0.2) is 76.1 Å². The van der Waals surface area contributed by atoms with E-state index in [1.807, 2.05) is 49.5 Å². The highest BCUT2D eigenvalue weighted by Crippen LogP contribution is 2.66. The van der Waals surface area contributed by atoms with Gasteiger partial charge in [-0.25, -0.2) is 0 Å². The lowest BCUT2D eigenvalue weighted by Gasteiger charge is -2.47. The molecule has 0 aromatic heterocycles. The SMILES string of the molecule is Cc1ccc([C@H]2CN(C)[C@@]3(C(=O)Nc4ccc(Br)cc43)[C@@]23Sc2ccccc2NC3=O)cc1. The Kier molecular flexibility index (Phi) is 4.57. The maximum Gasteiger partial charge on any atom is 0.251 e. The van der Waals surface area contributed by atoms with E-state index in [0.717, 1.165) is 37.4 Å². The molecule has 0 radical (unpaired) electrons. The minimum Gasteiger partial charge on any atom is -0.324 e. The predicted molar refractivity (Wildman–Crippen MR) is 135 cm³/mol. The Labute approximate surface area is 205 Å². The zero-order chi connectivity index (χ0) is 23.0. The first kappa shape index (κ1) is 21.0. The number of carbonyl (C=O) groups is 2. The van der Waals surface area contributed by atoms with Gasteiger partial charge in [-0.1, -0.05) is 57.9 Å². The number of carbonyl (C=O) groups excluding carboxylic acids is 2. The predicted octanol–water partition coefficient (Wildman–Crippen LogP) is 5.12. The van der Waals surface area contributed by atoms with E-state index >= 15 is 0 Å². The Bertz CT molecular complexity index is 1330. The molecular weight excluding hydrogens is 498 g/mol. The van der Waals surface area contributed by atoms with E-state index in [4.69, 9.17) is 0 Å². The van der Waals surface area contributed by atoms with E-state index in [2.05, 4.69) is 62.7 Å². The second-order valence-corrected chi connectivity index (χ2v) is 11.2. The molecule has 6 rings (SSSR count). The number of anilines is 2. The van der Waals surface area contributed by atoms with Crippen molar-refractivity contribution in [1.82, 2.24) is 4.90 Å². The van der Waals surface area contributed by atoms with Gasteiger partial charge in [0.2, 0.25) is 5.91 Å². The number of aryl methyl sites for hydroxylation is 1. The highest BCUT2D eigenvalue weighted by atomic mass is 79.9. The topological polar surface area (TPSA) is 61.4 Å². The average molecular weight is 520 g/mol. The fraction of sp³-hybridized carbons (Fsp3) is 0.231. The zero-order valence-electron chi connectivity index (χ0n) is 18.2. The number of thioether (sulfide) groups is 1. The van der Waals surface area contributed by atoms with E-state index in [1.165, 1.54) is 11.8 Å². The summed E-state index contributed by atoms with van der Waals surface area (Å²) in [6, 6.07) is 22.0. The highest BCUT2D eigenvalue weighted by Gasteiger charge is 2.75. The lowest BCUT2D eigenvalue weighted by Crippen LogP contribution is -2.64. The summed E-state index contributed by atoms with van der Waals surface area (Å²) in [4.78, 5) is 31.3. The summed E-state index contributed by atoms with van der Waals surface area (Å²) in [6.45, 7) is 2.63. The minimum atomic E-state index is -1.16. The van der Waals surface area contributed by atoms with Crippen LogP contribution >= 0.6 is 27.7 Å². The van der Waals surface area contributed by atoms with E-state index in [9.17, 15) is 9.59 Å². The molecule has 3 heterocycles. The molecule has 1 fully saturated rings. The van der Waals surface area contributed by atoms with Gasteiger partial charge in [0, 0.05) is 33.1 Å². The van der Waals surface area contributed by atoms with Crippen molar-refractivity contribution in [3.05, 3.63) is 87.9 Å². The van der Waals surface area contributed by atoms with Crippen molar-refractivity contribution in [2.24, 2.45) is 0 Å². The molecule has 0 bridgehead atoms. The lowest BCUT2D eigenvalue weighted by atomic mass is 9.72. The average Bonchev–Trinajstić information content (AvgIpc) is 3.23. The number of hydrogen-bond acceptors (Lipinski definition) is 4. The Morgan fingerprint density at radius 1 is 0.970 bits per heavy atom. The molecule has 0 saturated carbocycles. The zero-order valence-corrected chi connectivity index (χ0v) is 20.6. The molecular formula is C26H22BrN3O2S. The van der Waals surface area contributed by atoms with Crippen LogP contribution in [-0.4, -0.2) is 35.1 Å².